The van der Waals surface area contributed by atoms with Crippen LogP contribution in [0, 0.1) is 0 Å². The van der Waals surface area contributed by atoms with Crippen molar-refractivity contribution in [2.75, 3.05) is 6.61 Å². The minimum absolute atomic E-state index is 0.0344. The van der Waals surface area contributed by atoms with Crippen LogP contribution < -0.4 is 4.74 Å². The van der Waals surface area contributed by atoms with Gasteiger partial charge in [0.25, 0.3) is 30.4 Å². The second kappa shape index (κ2) is 6.72. The van der Waals surface area contributed by atoms with E-state index in [-0.39, 0.29) is 39.3 Å². The van der Waals surface area contributed by atoms with Gasteiger partial charge in [-0.1, -0.05) is 18.2 Å². The van der Waals surface area contributed by atoms with Crippen LogP contribution in [-0.2, 0) is 30.4 Å². The molecular formula is C18H14O10S3. The highest BCUT2D eigenvalue weighted by Crippen LogP contribution is 2.45. The Morgan fingerprint density at radius 1 is 0.645 bits per heavy atom. The third kappa shape index (κ3) is 3.39. The van der Waals surface area contributed by atoms with Gasteiger partial charge in [-0.3, -0.25) is 13.7 Å². The molecule has 31 heavy (non-hydrogen) atoms. The molecule has 4 rings (SSSR count). The van der Waals surface area contributed by atoms with Crippen LogP contribution in [0.3, 0.4) is 0 Å². The SMILES string of the molecule is CCOc1cc(S(=O)(=O)O)c2ccc3c(S(=O)(=O)O)cc(S(=O)(=O)O)c4ccc1c2c43. The molecule has 3 N–H and O–H groups in total. The van der Waals surface area contributed by atoms with Crippen LogP contribution in [0.4, 0.5) is 0 Å². The molecule has 0 bridgehead atoms. The molecule has 0 aromatic heterocycles. The van der Waals surface area contributed by atoms with Crippen LogP contribution in [-0.4, -0.2) is 45.5 Å². The van der Waals surface area contributed by atoms with E-state index in [2.05, 4.69) is 0 Å². The average Bonchev–Trinajstić information content (AvgIpc) is 2.63. The summed E-state index contributed by atoms with van der Waals surface area (Å²) in [6, 6.07) is 6.86. The number of hydrogen-bond acceptors (Lipinski definition) is 7. The second-order valence-electron chi connectivity index (χ2n) is 6.68. The first-order valence-electron chi connectivity index (χ1n) is 8.59. The van der Waals surface area contributed by atoms with Crippen LogP contribution in [0.2, 0.25) is 0 Å². The topological polar surface area (TPSA) is 172 Å². The summed E-state index contributed by atoms with van der Waals surface area (Å²) in [5, 5.41) is 0.0630. The van der Waals surface area contributed by atoms with E-state index < -0.39 is 45.0 Å². The molecule has 4 aromatic carbocycles. The maximum absolute atomic E-state index is 12.0. The van der Waals surface area contributed by atoms with Crippen molar-refractivity contribution >= 4 is 62.7 Å². The van der Waals surface area contributed by atoms with Gasteiger partial charge in [0.15, 0.2) is 0 Å². The van der Waals surface area contributed by atoms with Crippen molar-refractivity contribution in [2.45, 2.75) is 21.6 Å². The molecule has 13 heteroatoms. The van der Waals surface area contributed by atoms with E-state index in [1.807, 2.05) is 0 Å². The predicted molar refractivity (Wildman–Crippen MR) is 111 cm³/mol. The molecule has 0 aliphatic carbocycles. The van der Waals surface area contributed by atoms with Gasteiger partial charge in [0.1, 0.15) is 20.4 Å². The summed E-state index contributed by atoms with van der Waals surface area (Å²) in [5.41, 5.74) is 0. The molecule has 0 aliphatic heterocycles. The maximum atomic E-state index is 12.0. The maximum Gasteiger partial charge on any atom is 0.295 e. The summed E-state index contributed by atoms with van der Waals surface area (Å²) in [7, 11) is -14.6. The van der Waals surface area contributed by atoms with Gasteiger partial charge in [0.05, 0.1) is 6.61 Å². The molecule has 0 radical (unpaired) electrons. The third-order valence-corrected chi connectivity index (χ3v) is 7.56. The molecule has 164 valence electrons. The monoisotopic (exact) mass is 486 g/mol. The highest BCUT2D eigenvalue weighted by atomic mass is 32.2. The van der Waals surface area contributed by atoms with Gasteiger partial charge in [-0.2, -0.15) is 25.3 Å². The lowest BCUT2D eigenvalue weighted by Crippen LogP contribution is -2.07. The van der Waals surface area contributed by atoms with Crippen molar-refractivity contribution in [3.05, 3.63) is 36.4 Å². The summed E-state index contributed by atoms with van der Waals surface area (Å²) < 4.78 is 106. The molecule has 0 unspecified atom stereocenters. The zero-order valence-electron chi connectivity index (χ0n) is 15.6. The van der Waals surface area contributed by atoms with Crippen LogP contribution in [0.5, 0.6) is 5.75 Å². The fourth-order valence-corrected chi connectivity index (χ4v) is 5.99. The zero-order valence-corrected chi connectivity index (χ0v) is 18.0. The van der Waals surface area contributed by atoms with Crippen molar-refractivity contribution in [1.82, 2.24) is 0 Å². The Labute approximate surface area is 176 Å². The first-order chi connectivity index (χ1) is 14.2. The Kier molecular flexibility index (Phi) is 4.70. The first kappa shape index (κ1) is 21.7. The van der Waals surface area contributed by atoms with Crippen LogP contribution >= 0.6 is 0 Å². The fraction of sp³-hybridized carbons (Fsp3) is 0.111. The number of benzene rings is 4. The summed E-state index contributed by atoms with van der Waals surface area (Å²) in [5.74, 6) is 0.0442. The van der Waals surface area contributed by atoms with E-state index in [1.165, 1.54) is 24.3 Å². The van der Waals surface area contributed by atoms with Crippen LogP contribution in [0.25, 0.3) is 32.3 Å². The Bertz CT molecular complexity index is 1650. The van der Waals surface area contributed by atoms with E-state index in [1.54, 1.807) is 6.92 Å². The normalized spacial score (nSPS) is 13.4. The van der Waals surface area contributed by atoms with Crippen LogP contribution in [0.15, 0.2) is 51.1 Å². The quantitative estimate of drug-likeness (QED) is 0.281. The molecule has 0 fully saturated rings. The van der Waals surface area contributed by atoms with E-state index in [4.69, 9.17) is 4.74 Å². The van der Waals surface area contributed by atoms with E-state index in [0.29, 0.717) is 11.5 Å². The highest BCUT2D eigenvalue weighted by Gasteiger charge is 2.28. The van der Waals surface area contributed by atoms with E-state index in [0.717, 1.165) is 6.07 Å². The lowest BCUT2D eigenvalue weighted by Gasteiger charge is -2.18. The van der Waals surface area contributed by atoms with Crippen molar-refractivity contribution in [3.63, 3.8) is 0 Å². The number of ether oxygens (including phenoxy) is 1. The molecule has 0 saturated carbocycles. The second-order valence-corrected chi connectivity index (χ2v) is 10.8. The van der Waals surface area contributed by atoms with Gasteiger partial charge in [-0.25, -0.2) is 0 Å². The van der Waals surface area contributed by atoms with Crippen molar-refractivity contribution < 1.29 is 43.6 Å². The Hall–Kier alpha value is -2.55. The summed E-state index contributed by atoms with van der Waals surface area (Å²) in [6.45, 7) is 1.76. The molecule has 0 saturated heterocycles. The van der Waals surface area contributed by atoms with Crippen molar-refractivity contribution in [3.8, 4) is 5.75 Å². The Morgan fingerprint density at radius 3 is 1.39 bits per heavy atom. The molecule has 0 aliphatic rings. The van der Waals surface area contributed by atoms with Gasteiger partial charge < -0.3 is 4.74 Å². The van der Waals surface area contributed by atoms with Gasteiger partial charge in [0, 0.05) is 38.4 Å². The van der Waals surface area contributed by atoms with E-state index >= 15 is 0 Å². The van der Waals surface area contributed by atoms with Crippen LogP contribution in [0.1, 0.15) is 6.92 Å². The van der Waals surface area contributed by atoms with Gasteiger partial charge >= 0.3 is 0 Å². The third-order valence-electron chi connectivity index (χ3n) is 4.88. The van der Waals surface area contributed by atoms with E-state index in [9.17, 15) is 38.9 Å². The molecule has 0 atom stereocenters. The highest BCUT2D eigenvalue weighted by molar-refractivity contribution is 7.87. The summed E-state index contributed by atoms with van der Waals surface area (Å²) >= 11 is 0. The average molecular weight is 487 g/mol. The Morgan fingerprint density at radius 2 is 1.00 bits per heavy atom. The molecule has 10 nitrogen and oxygen atoms in total. The summed E-state index contributed by atoms with van der Waals surface area (Å²) in [4.78, 5) is -2.13. The molecule has 4 aromatic rings. The minimum Gasteiger partial charge on any atom is -0.493 e. The van der Waals surface area contributed by atoms with Gasteiger partial charge in [-0.05, 0) is 19.1 Å². The van der Waals surface area contributed by atoms with Gasteiger partial charge in [0.2, 0.25) is 0 Å². The smallest absolute Gasteiger partial charge is 0.295 e. The molecule has 0 heterocycles. The van der Waals surface area contributed by atoms with Crippen molar-refractivity contribution in [2.24, 2.45) is 0 Å². The summed E-state index contributed by atoms with van der Waals surface area (Å²) in [6.07, 6.45) is 0. The zero-order chi connectivity index (χ0) is 22.9. The number of rotatable bonds is 5. The first-order valence-corrected chi connectivity index (χ1v) is 12.9. The predicted octanol–water partition coefficient (Wildman–Crippen LogP) is 2.72. The lowest BCUT2D eigenvalue weighted by molar-refractivity contribution is 0.343. The fourth-order valence-electron chi connectivity index (χ4n) is 3.78. The molecule has 0 amide bonds. The van der Waals surface area contributed by atoms with Gasteiger partial charge in [-0.15, -0.1) is 0 Å². The lowest BCUT2D eigenvalue weighted by atomic mass is 9.93. The standard InChI is InChI=1S/C18H14O10S3/c1-2-28-13-7-14(29(19,20)21)10-5-6-12-16(31(25,26)27)8-15(30(22,23)24)11-4-3-9(13)17(10)18(11)12/h3-8H,2H2,1H3,(H,19,20,21)(H,22,23,24)(H,25,26,27). The number of hydrogen-bond donors (Lipinski definition) is 3. The minimum atomic E-state index is -4.94. The van der Waals surface area contributed by atoms with Crippen molar-refractivity contribution in [1.29, 1.82) is 0 Å². The largest absolute Gasteiger partial charge is 0.493 e. The molecule has 0 spiro atoms. The molecular weight excluding hydrogens is 472 g/mol. The Balaban J connectivity index is 2.43.